The molecule has 3 rings (SSSR count). The summed E-state index contributed by atoms with van der Waals surface area (Å²) < 4.78 is 16.3. The third kappa shape index (κ3) is 2.64. The maximum Gasteiger partial charge on any atom is 0.231 e. The fraction of sp³-hybridized carbons (Fsp3) is 0.250. The fourth-order valence-electron chi connectivity index (χ4n) is 2.15. The highest BCUT2D eigenvalue weighted by molar-refractivity contribution is 5.56. The molecule has 0 saturated carbocycles. The van der Waals surface area contributed by atoms with Crippen LogP contribution in [0, 0.1) is 0 Å². The summed E-state index contributed by atoms with van der Waals surface area (Å²) in [5.74, 6) is 2.50. The van der Waals surface area contributed by atoms with Gasteiger partial charge in [0, 0.05) is 23.9 Å². The molecule has 104 valence electrons. The molecule has 20 heavy (non-hydrogen) atoms. The quantitative estimate of drug-likeness (QED) is 0.904. The van der Waals surface area contributed by atoms with Crippen molar-refractivity contribution in [2.45, 2.75) is 13.5 Å². The SMILES string of the molecule is CCOc1ccccc1CNc1ccc2c(c1)OCO2. The van der Waals surface area contributed by atoms with Crippen molar-refractivity contribution < 1.29 is 14.2 Å². The summed E-state index contributed by atoms with van der Waals surface area (Å²) in [7, 11) is 0. The molecule has 0 amide bonds. The first-order chi connectivity index (χ1) is 9.86. The van der Waals surface area contributed by atoms with Crippen molar-refractivity contribution in [3.63, 3.8) is 0 Å². The van der Waals surface area contributed by atoms with Gasteiger partial charge in [-0.2, -0.15) is 0 Å². The van der Waals surface area contributed by atoms with Gasteiger partial charge in [-0.3, -0.25) is 0 Å². The van der Waals surface area contributed by atoms with Crippen molar-refractivity contribution in [2.75, 3.05) is 18.7 Å². The average molecular weight is 271 g/mol. The van der Waals surface area contributed by atoms with E-state index in [1.54, 1.807) is 0 Å². The van der Waals surface area contributed by atoms with Crippen LogP contribution in [0.1, 0.15) is 12.5 Å². The van der Waals surface area contributed by atoms with Crippen LogP contribution >= 0.6 is 0 Å². The van der Waals surface area contributed by atoms with Gasteiger partial charge < -0.3 is 19.5 Å². The molecule has 0 saturated heterocycles. The van der Waals surface area contributed by atoms with E-state index in [-0.39, 0.29) is 0 Å². The zero-order chi connectivity index (χ0) is 13.8. The van der Waals surface area contributed by atoms with E-state index in [9.17, 15) is 0 Å². The number of ether oxygens (including phenoxy) is 3. The van der Waals surface area contributed by atoms with E-state index in [0.29, 0.717) is 19.9 Å². The number of anilines is 1. The standard InChI is InChI=1S/C16H17NO3/c1-2-18-14-6-4-3-5-12(14)10-17-13-7-8-15-16(9-13)20-11-19-15/h3-9,17H,2,10-11H2,1H3. The lowest BCUT2D eigenvalue weighted by Gasteiger charge is -2.12. The van der Waals surface area contributed by atoms with Crippen LogP contribution in [0.25, 0.3) is 0 Å². The summed E-state index contributed by atoms with van der Waals surface area (Å²) >= 11 is 0. The molecule has 2 aromatic rings. The second kappa shape index (κ2) is 5.74. The van der Waals surface area contributed by atoms with Crippen LogP contribution in [0.15, 0.2) is 42.5 Å². The van der Waals surface area contributed by atoms with Gasteiger partial charge >= 0.3 is 0 Å². The molecule has 0 unspecified atom stereocenters. The second-order valence-corrected chi connectivity index (χ2v) is 4.46. The van der Waals surface area contributed by atoms with Gasteiger partial charge in [0.2, 0.25) is 6.79 Å². The molecule has 0 radical (unpaired) electrons. The van der Waals surface area contributed by atoms with Crippen LogP contribution in [-0.4, -0.2) is 13.4 Å². The Morgan fingerprint density at radius 2 is 1.95 bits per heavy atom. The van der Waals surface area contributed by atoms with E-state index in [2.05, 4.69) is 11.4 Å². The lowest BCUT2D eigenvalue weighted by Crippen LogP contribution is -2.03. The number of benzene rings is 2. The van der Waals surface area contributed by atoms with Crippen LogP contribution < -0.4 is 19.5 Å². The van der Waals surface area contributed by atoms with Gasteiger partial charge in [0.1, 0.15) is 5.75 Å². The van der Waals surface area contributed by atoms with Crippen LogP contribution in [0.5, 0.6) is 17.2 Å². The molecule has 1 heterocycles. The second-order valence-electron chi connectivity index (χ2n) is 4.46. The zero-order valence-corrected chi connectivity index (χ0v) is 11.4. The summed E-state index contributed by atoms with van der Waals surface area (Å²) in [6.45, 7) is 3.66. The van der Waals surface area contributed by atoms with E-state index in [4.69, 9.17) is 14.2 Å². The Morgan fingerprint density at radius 3 is 2.85 bits per heavy atom. The first kappa shape index (κ1) is 12.7. The lowest BCUT2D eigenvalue weighted by atomic mass is 10.2. The third-order valence-corrected chi connectivity index (χ3v) is 3.13. The molecule has 0 fully saturated rings. The normalized spacial score (nSPS) is 12.2. The highest BCUT2D eigenvalue weighted by Gasteiger charge is 2.13. The molecule has 0 aromatic heterocycles. The van der Waals surface area contributed by atoms with E-state index >= 15 is 0 Å². The van der Waals surface area contributed by atoms with Gasteiger partial charge in [0.05, 0.1) is 6.61 Å². The minimum absolute atomic E-state index is 0.298. The molecular formula is C16H17NO3. The van der Waals surface area contributed by atoms with Gasteiger partial charge in [-0.05, 0) is 25.1 Å². The largest absolute Gasteiger partial charge is 0.494 e. The van der Waals surface area contributed by atoms with Crippen molar-refractivity contribution in [3.8, 4) is 17.2 Å². The van der Waals surface area contributed by atoms with Gasteiger partial charge in [-0.25, -0.2) is 0 Å². The molecule has 4 heteroatoms. The summed E-state index contributed by atoms with van der Waals surface area (Å²) in [6.07, 6.45) is 0. The number of para-hydroxylation sites is 1. The third-order valence-electron chi connectivity index (χ3n) is 3.13. The minimum Gasteiger partial charge on any atom is -0.494 e. The number of fused-ring (bicyclic) bond motifs is 1. The Hall–Kier alpha value is -2.36. The Balaban J connectivity index is 1.70. The molecule has 1 aliphatic rings. The molecule has 1 aliphatic heterocycles. The molecule has 0 aliphatic carbocycles. The van der Waals surface area contributed by atoms with E-state index < -0.39 is 0 Å². The maximum atomic E-state index is 5.61. The number of nitrogens with one attached hydrogen (secondary N) is 1. The van der Waals surface area contributed by atoms with Crippen molar-refractivity contribution >= 4 is 5.69 Å². The summed E-state index contributed by atoms with van der Waals surface area (Å²) in [6, 6.07) is 13.9. The summed E-state index contributed by atoms with van der Waals surface area (Å²) in [4.78, 5) is 0. The topological polar surface area (TPSA) is 39.7 Å². The van der Waals surface area contributed by atoms with Crippen LogP contribution in [-0.2, 0) is 6.54 Å². The Morgan fingerprint density at radius 1 is 1.10 bits per heavy atom. The Bertz CT molecular complexity index is 598. The van der Waals surface area contributed by atoms with Gasteiger partial charge in [-0.15, -0.1) is 0 Å². The van der Waals surface area contributed by atoms with Gasteiger partial charge in [0.25, 0.3) is 0 Å². The van der Waals surface area contributed by atoms with Crippen LogP contribution in [0.3, 0.4) is 0 Å². The predicted octanol–water partition coefficient (Wildman–Crippen LogP) is 3.43. The van der Waals surface area contributed by atoms with Gasteiger partial charge in [-0.1, -0.05) is 18.2 Å². The highest BCUT2D eigenvalue weighted by atomic mass is 16.7. The van der Waals surface area contributed by atoms with Gasteiger partial charge in [0.15, 0.2) is 11.5 Å². The first-order valence-electron chi connectivity index (χ1n) is 6.71. The maximum absolute atomic E-state index is 5.61. The first-order valence-corrected chi connectivity index (χ1v) is 6.71. The van der Waals surface area contributed by atoms with E-state index in [0.717, 1.165) is 28.5 Å². The minimum atomic E-state index is 0.298. The predicted molar refractivity (Wildman–Crippen MR) is 77.5 cm³/mol. The van der Waals surface area contributed by atoms with Crippen molar-refractivity contribution in [2.24, 2.45) is 0 Å². The monoisotopic (exact) mass is 271 g/mol. The zero-order valence-electron chi connectivity index (χ0n) is 11.4. The molecule has 0 spiro atoms. The van der Waals surface area contributed by atoms with E-state index in [1.807, 2.05) is 43.3 Å². The number of hydrogen-bond acceptors (Lipinski definition) is 4. The fourth-order valence-corrected chi connectivity index (χ4v) is 2.15. The lowest BCUT2D eigenvalue weighted by molar-refractivity contribution is 0.174. The Kier molecular flexibility index (Phi) is 3.63. The number of hydrogen-bond donors (Lipinski definition) is 1. The molecule has 4 nitrogen and oxygen atoms in total. The Labute approximate surface area is 118 Å². The summed E-state index contributed by atoms with van der Waals surface area (Å²) in [5, 5.41) is 3.37. The van der Waals surface area contributed by atoms with Crippen molar-refractivity contribution in [1.82, 2.24) is 0 Å². The van der Waals surface area contributed by atoms with Crippen LogP contribution in [0.2, 0.25) is 0 Å². The molecule has 1 N–H and O–H groups in total. The van der Waals surface area contributed by atoms with Crippen molar-refractivity contribution in [1.29, 1.82) is 0 Å². The molecule has 2 aromatic carbocycles. The molecule has 0 bridgehead atoms. The van der Waals surface area contributed by atoms with E-state index in [1.165, 1.54) is 0 Å². The number of rotatable bonds is 5. The molecule has 0 atom stereocenters. The van der Waals surface area contributed by atoms with Crippen LogP contribution in [0.4, 0.5) is 5.69 Å². The summed E-state index contributed by atoms with van der Waals surface area (Å²) in [5.41, 5.74) is 2.13. The smallest absolute Gasteiger partial charge is 0.231 e. The van der Waals surface area contributed by atoms with Crippen molar-refractivity contribution in [3.05, 3.63) is 48.0 Å². The highest BCUT2D eigenvalue weighted by Crippen LogP contribution is 2.34. The molecular weight excluding hydrogens is 254 g/mol. The average Bonchev–Trinajstić information content (AvgIpc) is 2.94.